The first-order valence-corrected chi connectivity index (χ1v) is 7.98. The molecular formula is C21H21N. The smallest absolute Gasteiger partial charge is 0.0704 e. The second-order valence-corrected chi connectivity index (χ2v) is 5.56. The molecule has 0 aliphatic heterocycles. The van der Waals surface area contributed by atoms with Gasteiger partial charge in [0.25, 0.3) is 0 Å². The van der Waals surface area contributed by atoms with Crippen molar-refractivity contribution in [3.8, 4) is 22.4 Å². The lowest BCUT2D eigenvalue weighted by Gasteiger charge is -2.12. The second kappa shape index (κ2) is 7.04. The number of hydrogen-bond acceptors (Lipinski definition) is 1. The molecule has 0 saturated carbocycles. The fourth-order valence-electron chi connectivity index (χ4n) is 2.75. The summed E-state index contributed by atoms with van der Waals surface area (Å²) in [6.07, 6.45) is 5.38. The quantitative estimate of drug-likeness (QED) is 0.581. The van der Waals surface area contributed by atoms with Crippen molar-refractivity contribution in [2.24, 2.45) is 0 Å². The predicted octanol–water partition coefficient (Wildman–Crippen LogP) is 5.76. The van der Waals surface area contributed by atoms with Gasteiger partial charge < -0.3 is 0 Å². The van der Waals surface area contributed by atoms with Crippen molar-refractivity contribution in [2.75, 3.05) is 0 Å². The van der Waals surface area contributed by atoms with Crippen molar-refractivity contribution in [1.29, 1.82) is 0 Å². The van der Waals surface area contributed by atoms with E-state index in [1.165, 1.54) is 35.1 Å². The Kier molecular flexibility index (Phi) is 4.65. The highest BCUT2D eigenvalue weighted by molar-refractivity contribution is 5.72. The van der Waals surface area contributed by atoms with Crippen molar-refractivity contribution in [3.63, 3.8) is 0 Å². The van der Waals surface area contributed by atoms with Gasteiger partial charge in [-0.05, 0) is 41.7 Å². The third kappa shape index (κ3) is 3.25. The van der Waals surface area contributed by atoms with Crippen LogP contribution in [0.2, 0.25) is 0 Å². The fourth-order valence-corrected chi connectivity index (χ4v) is 2.75. The average Bonchev–Trinajstić information content (AvgIpc) is 2.61. The summed E-state index contributed by atoms with van der Waals surface area (Å²) in [5.74, 6) is 0. The third-order valence-corrected chi connectivity index (χ3v) is 3.95. The summed E-state index contributed by atoms with van der Waals surface area (Å²) in [5.41, 5.74) is 6.27. The predicted molar refractivity (Wildman–Crippen MR) is 93.7 cm³/mol. The number of hydrogen-bond donors (Lipinski definition) is 0. The Labute approximate surface area is 132 Å². The van der Waals surface area contributed by atoms with Gasteiger partial charge in [0.05, 0.1) is 5.69 Å². The first-order valence-electron chi connectivity index (χ1n) is 7.98. The number of aromatic nitrogens is 1. The molecule has 0 atom stereocenters. The maximum atomic E-state index is 4.52. The first kappa shape index (κ1) is 14.5. The van der Waals surface area contributed by atoms with E-state index < -0.39 is 0 Å². The highest BCUT2D eigenvalue weighted by atomic mass is 14.7. The van der Waals surface area contributed by atoms with Crippen LogP contribution in [0.3, 0.4) is 0 Å². The van der Waals surface area contributed by atoms with Gasteiger partial charge in [-0.3, -0.25) is 4.98 Å². The number of benzene rings is 2. The molecule has 3 rings (SSSR count). The molecule has 1 nitrogen and oxygen atoms in total. The van der Waals surface area contributed by atoms with Gasteiger partial charge in [-0.15, -0.1) is 0 Å². The molecule has 0 saturated heterocycles. The molecule has 1 heterocycles. The van der Waals surface area contributed by atoms with Crippen LogP contribution in [0.25, 0.3) is 22.4 Å². The summed E-state index contributed by atoms with van der Waals surface area (Å²) in [5, 5.41) is 0. The molecule has 1 aromatic heterocycles. The molecule has 0 bridgehead atoms. The van der Waals surface area contributed by atoms with Crippen molar-refractivity contribution >= 4 is 0 Å². The van der Waals surface area contributed by atoms with E-state index in [9.17, 15) is 0 Å². The Morgan fingerprint density at radius 1 is 0.818 bits per heavy atom. The number of unbranched alkanes of at least 4 members (excludes halogenated alkanes) is 1. The zero-order valence-electron chi connectivity index (χ0n) is 13.0. The SMILES string of the molecule is CCCCc1cc(-c2ccccc2)ccc1-c1ccccn1. The molecule has 1 heteroatoms. The van der Waals surface area contributed by atoms with Crippen LogP contribution in [-0.2, 0) is 6.42 Å². The molecule has 0 radical (unpaired) electrons. The van der Waals surface area contributed by atoms with Crippen LogP contribution in [-0.4, -0.2) is 4.98 Å². The van der Waals surface area contributed by atoms with E-state index in [2.05, 4.69) is 72.6 Å². The van der Waals surface area contributed by atoms with E-state index in [0.29, 0.717) is 0 Å². The molecule has 3 aromatic rings. The number of pyridine rings is 1. The van der Waals surface area contributed by atoms with Crippen molar-refractivity contribution < 1.29 is 0 Å². The zero-order valence-corrected chi connectivity index (χ0v) is 13.0. The van der Waals surface area contributed by atoms with Gasteiger partial charge in [0.2, 0.25) is 0 Å². The summed E-state index contributed by atoms with van der Waals surface area (Å²) < 4.78 is 0. The van der Waals surface area contributed by atoms with Crippen LogP contribution in [0.4, 0.5) is 0 Å². The molecule has 0 N–H and O–H groups in total. The Bertz CT molecular complexity index is 717. The lowest BCUT2D eigenvalue weighted by atomic mass is 9.94. The maximum Gasteiger partial charge on any atom is 0.0704 e. The molecule has 0 unspecified atom stereocenters. The summed E-state index contributed by atoms with van der Waals surface area (Å²) in [7, 11) is 0. The molecule has 2 aromatic carbocycles. The van der Waals surface area contributed by atoms with E-state index in [1.54, 1.807) is 0 Å². The topological polar surface area (TPSA) is 12.9 Å². The largest absolute Gasteiger partial charge is 0.256 e. The Morgan fingerprint density at radius 2 is 1.64 bits per heavy atom. The first-order chi connectivity index (χ1) is 10.9. The Balaban J connectivity index is 2.04. The summed E-state index contributed by atoms with van der Waals surface area (Å²) in [6.45, 7) is 2.24. The van der Waals surface area contributed by atoms with Gasteiger partial charge in [-0.1, -0.05) is 67.9 Å². The monoisotopic (exact) mass is 287 g/mol. The Morgan fingerprint density at radius 3 is 2.36 bits per heavy atom. The summed E-state index contributed by atoms with van der Waals surface area (Å²) in [4.78, 5) is 4.52. The normalized spacial score (nSPS) is 10.6. The second-order valence-electron chi connectivity index (χ2n) is 5.56. The molecule has 0 amide bonds. The highest BCUT2D eigenvalue weighted by Gasteiger charge is 2.08. The van der Waals surface area contributed by atoms with Crippen molar-refractivity contribution in [2.45, 2.75) is 26.2 Å². The van der Waals surface area contributed by atoms with E-state index >= 15 is 0 Å². The van der Waals surface area contributed by atoms with E-state index in [4.69, 9.17) is 0 Å². The average molecular weight is 287 g/mol. The van der Waals surface area contributed by atoms with Crippen LogP contribution < -0.4 is 0 Å². The number of nitrogens with zero attached hydrogens (tertiary/aromatic N) is 1. The molecule has 110 valence electrons. The fraction of sp³-hybridized carbons (Fsp3) is 0.190. The lowest BCUT2D eigenvalue weighted by Crippen LogP contribution is -1.93. The van der Waals surface area contributed by atoms with Gasteiger partial charge in [0.15, 0.2) is 0 Å². The molecule has 0 spiro atoms. The Hall–Kier alpha value is -2.41. The zero-order chi connectivity index (χ0) is 15.2. The maximum absolute atomic E-state index is 4.52. The van der Waals surface area contributed by atoms with Crippen LogP contribution in [0, 0.1) is 0 Å². The van der Waals surface area contributed by atoms with Crippen molar-refractivity contribution in [3.05, 3.63) is 78.5 Å². The van der Waals surface area contributed by atoms with Gasteiger partial charge >= 0.3 is 0 Å². The van der Waals surface area contributed by atoms with Crippen LogP contribution >= 0.6 is 0 Å². The van der Waals surface area contributed by atoms with Gasteiger partial charge in [-0.2, -0.15) is 0 Å². The van der Waals surface area contributed by atoms with E-state index in [0.717, 1.165) is 12.1 Å². The summed E-state index contributed by atoms with van der Waals surface area (Å²) in [6, 6.07) is 23.4. The third-order valence-electron chi connectivity index (χ3n) is 3.95. The molecule has 0 aliphatic carbocycles. The molecule has 0 fully saturated rings. The molecular weight excluding hydrogens is 266 g/mol. The van der Waals surface area contributed by atoms with Crippen molar-refractivity contribution in [1.82, 2.24) is 4.98 Å². The van der Waals surface area contributed by atoms with Gasteiger partial charge in [0.1, 0.15) is 0 Å². The van der Waals surface area contributed by atoms with Crippen LogP contribution in [0.5, 0.6) is 0 Å². The standard InChI is InChI=1S/C21H21N/c1-2-3-9-19-16-18(17-10-5-4-6-11-17)13-14-20(19)21-12-7-8-15-22-21/h4-8,10-16H,2-3,9H2,1H3. The lowest BCUT2D eigenvalue weighted by molar-refractivity contribution is 0.796. The minimum absolute atomic E-state index is 1.06. The number of aryl methyl sites for hydroxylation is 1. The summed E-state index contributed by atoms with van der Waals surface area (Å²) >= 11 is 0. The minimum atomic E-state index is 1.06. The molecule has 0 aliphatic rings. The van der Waals surface area contributed by atoms with Crippen LogP contribution in [0.15, 0.2) is 72.9 Å². The molecule has 22 heavy (non-hydrogen) atoms. The van der Waals surface area contributed by atoms with E-state index in [1.807, 2.05) is 12.3 Å². The van der Waals surface area contributed by atoms with Gasteiger partial charge in [-0.25, -0.2) is 0 Å². The minimum Gasteiger partial charge on any atom is -0.256 e. The number of rotatable bonds is 5. The van der Waals surface area contributed by atoms with Gasteiger partial charge in [0, 0.05) is 11.8 Å². The highest BCUT2D eigenvalue weighted by Crippen LogP contribution is 2.29. The van der Waals surface area contributed by atoms with Crippen LogP contribution in [0.1, 0.15) is 25.3 Å². The van der Waals surface area contributed by atoms with E-state index in [-0.39, 0.29) is 0 Å².